The van der Waals surface area contributed by atoms with Crippen molar-refractivity contribution in [2.45, 2.75) is 36.8 Å². The lowest BCUT2D eigenvalue weighted by molar-refractivity contribution is -0.138. The molecule has 1 aliphatic rings. The number of alkyl halides is 1. The molecule has 1 unspecified atom stereocenters. The van der Waals surface area contributed by atoms with Crippen LogP contribution in [0.2, 0.25) is 0 Å². The average molecular weight is 349 g/mol. The van der Waals surface area contributed by atoms with Gasteiger partial charge in [0.1, 0.15) is 11.4 Å². The lowest BCUT2D eigenvalue weighted by Gasteiger charge is -2.29. The van der Waals surface area contributed by atoms with Crippen LogP contribution in [0.15, 0.2) is 29.2 Å². The van der Waals surface area contributed by atoms with Gasteiger partial charge in [0, 0.05) is 19.0 Å². The Bertz CT molecular complexity index is 607. The standard InChI is InChI=1S/C10H11F2NO2S.C5H10O2/c11-8-1-3-9(4-2-8)16(14,15)10(12)7-5-13-6-7;1-5(2,3)7-4-6/h1-4,7,10,13H,5-6H2;4H,1-3H3. The Balaban J connectivity index is 0.000000322. The molecule has 0 radical (unpaired) electrons. The Kier molecular flexibility index (Phi) is 6.64. The Hall–Kier alpha value is -1.54. The zero-order valence-electron chi connectivity index (χ0n) is 13.3. The van der Waals surface area contributed by atoms with Gasteiger partial charge in [0.25, 0.3) is 6.47 Å². The van der Waals surface area contributed by atoms with Crippen molar-refractivity contribution in [1.82, 2.24) is 5.32 Å². The minimum absolute atomic E-state index is 0.173. The molecule has 0 bridgehead atoms. The fraction of sp³-hybridized carbons (Fsp3) is 0.533. The molecule has 1 aromatic carbocycles. The van der Waals surface area contributed by atoms with Crippen LogP contribution in [-0.2, 0) is 19.4 Å². The topological polar surface area (TPSA) is 72.5 Å². The number of nitrogens with one attached hydrogen (secondary N) is 1. The number of rotatable bonds is 4. The van der Waals surface area contributed by atoms with Crippen molar-refractivity contribution in [3.05, 3.63) is 30.1 Å². The third-order valence-corrected chi connectivity index (χ3v) is 4.93. The van der Waals surface area contributed by atoms with Crippen LogP contribution in [0.3, 0.4) is 0 Å². The Morgan fingerprint density at radius 1 is 1.26 bits per heavy atom. The molecular formula is C15H21F2NO4S. The quantitative estimate of drug-likeness (QED) is 0.665. The van der Waals surface area contributed by atoms with Crippen LogP contribution >= 0.6 is 0 Å². The zero-order valence-corrected chi connectivity index (χ0v) is 14.1. The fourth-order valence-electron chi connectivity index (χ4n) is 1.65. The maximum Gasteiger partial charge on any atom is 0.293 e. The molecule has 0 aromatic heterocycles. The van der Waals surface area contributed by atoms with Crippen molar-refractivity contribution < 1.29 is 26.7 Å². The fourth-order valence-corrected chi connectivity index (χ4v) is 3.12. The van der Waals surface area contributed by atoms with Gasteiger partial charge >= 0.3 is 0 Å². The number of benzene rings is 1. The summed E-state index contributed by atoms with van der Waals surface area (Å²) in [5.41, 5.74) is -2.24. The second kappa shape index (κ2) is 7.83. The molecule has 2 rings (SSSR count). The van der Waals surface area contributed by atoms with Gasteiger partial charge in [-0.2, -0.15) is 0 Å². The first-order chi connectivity index (χ1) is 10.6. The molecule has 0 amide bonds. The Labute approximate surface area is 134 Å². The molecule has 1 atom stereocenters. The van der Waals surface area contributed by atoms with E-state index in [4.69, 9.17) is 0 Å². The normalized spacial score (nSPS) is 16.6. The zero-order chi connectivity index (χ0) is 17.7. The molecule has 0 saturated carbocycles. The van der Waals surface area contributed by atoms with E-state index >= 15 is 0 Å². The first kappa shape index (κ1) is 19.5. The minimum atomic E-state index is -3.99. The van der Waals surface area contributed by atoms with Gasteiger partial charge in [0.2, 0.25) is 15.3 Å². The van der Waals surface area contributed by atoms with Crippen LogP contribution in [0.4, 0.5) is 8.78 Å². The summed E-state index contributed by atoms with van der Waals surface area (Å²) < 4.78 is 54.4. The van der Waals surface area contributed by atoms with Gasteiger partial charge in [-0.25, -0.2) is 17.2 Å². The predicted molar refractivity (Wildman–Crippen MR) is 81.7 cm³/mol. The van der Waals surface area contributed by atoms with Gasteiger partial charge < -0.3 is 10.1 Å². The molecule has 5 nitrogen and oxygen atoms in total. The number of carbonyl (C=O) groups is 1. The highest BCUT2D eigenvalue weighted by Crippen LogP contribution is 2.25. The predicted octanol–water partition coefficient (Wildman–Crippen LogP) is 2.07. The summed E-state index contributed by atoms with van der Waals surface area (Å²) in [6, 6.07) is 4.20. The highest BCUT2D eigenvalue weighted by molar-refractivity contribution is 7.92. The first-order valence-electron chi connectivity index (χ1n) is 7.03. The van der Waals surface area contributed by atoms with Crippen molar-refractivity contribution in [1.29, 1.82) is 0 Å². The van der Waals surface area contributed by atoms with E-state index in [0.29, 0.717) is 19.6 Å². The lowest BCUT2D eigenvalue weighted by atomic mass is 10.1. The van der Waals surface area contributed by atoms with Crippen LogP contribution < -0.4 is 5.32 Å². The molecule has 0 spiro atoms. The van der Waals surface area contributed by atoms with E-state index in [1.807, 2.05) is 20.8 Å². The molecule has 1 saturated heterocycles. The molecule has 0 aliphatic carbocycles. The molecule has 1 aromatic rings. The first-order valence-corrected chi connectivity index (χ1v) is 8.58. The highest BCUT2D eigenvalue weighted by Gasteiger charge is 2.37. The van der Waals surface area contributed by atoms with Crippen molar-refractivity contribution in [2.75, 3.05) is 13.1 Å². The van der Waals surface area contributed by atoms with Crippen molar-refractivity contribution >= 4 is 16.3 Å². The largest absolute Gasteiger partial charge is 0.462 e. The number of ether oxygens (including phenoxy) is 1. The van der Waals surface area contributed by atoms with Gasteiger partial charge in [-0.1, -0.05) is 0 Å². The van der Waals surface area contributed by atoms with E-state index in [0.717, 1.165) is 24.3 Å². The molecule has 1 heterocycles. The number of halogens is 2. The molecule has 8 heteroatoms. The minimum Gasteiger partial charge on any atom is -0.462 e. The maximum atomic E-state index is 13.7. The second-order valence-electron chi connectivity index (χ2n) is 6.09. The lowest BCUT2D eigenvalue weighted by Crippen LogP contribution is -2.49. The number of hydrogen-bond donors (Lipinski definition) is 1. The number of hydrogen-bond acceptors (Lipinski definition) is 5. The summed E-state index contributed by atoms with van der Waals surface area (Å²) in [5, 5.41) is 2.81. The Morgan fingerprint density at radius 3 is 2.09 bits per heavy atom. The van der Waals surface area contributed by atoms with Crippen LogP contribution in [0.1, 0.15) is 20.8 Å². The summed E-state index contributed by atoms with van der Waals surface area (Å²) in [5.74, 6) is -1.05. The summed E-state index contributed by atoms with van der Waals surface area (Å²) in [7, 11) is -3.99. The van der Waals surface area contributed by atoms with Crippen LogP contribution in [-0.4, -0.2) is 39.1 Å². The summed E-state index contributed by atoms with van der Waals surface area (Å²) in [6.45, 7) is 6.65. The highest BCUT2D eigenvalue weighted by atomic mass is 32.2. The van der Waals surface area contributed by atoms with Gasteiger partial charge in [-0.3, -0.25) is 4.79 Å². The molecule has 23 heavy (non-hydrogen) atoms. The molecule has 1 fully saturated rings. The maximum absolute atomic E-state index is 13.7. The van der Waals surface area contributed by atoms with Gasteiger partial charge in [-0.15, -0.1) is 0 Å². The van der Waals surface area contributed by atoms with E-state index in [2.05, 4.69) is 10.1 Å². The van der Waals surface area contributed by atoms with E-state index in [1.54, 1.807) is 0 Å². The summed E-state index contributed by atoms with van der Waals surface area (Å²) in [6.07, 6.45) is 0. The average Bonchev–Trinajstić information content (AvgIpc) is 2.36. The van der Waals surface area contributed by atoms with Gasteiger partial charge in [-0.05, 0) is 45.0 Å². The third-order valence-electron chi connectivity index (χ3n) is 3.02. The van der Waals surface area contributed by atoms with E-state index in [9.17, 15) is 22.0 Å². The van der Waals surface area contributed by atoms with Gasteiger partial charge in [0.05, 0.1) is 4.90 Å². The number of carbonyl (C=O) groups excluding carboxylic acids is 1. The van der Waals surface area contributed by atoms with Crippen LogP contribution in [0.25, 0.3) is 0 Å². The van der Waals surface area contributed by atoms with Gasteiger partial charge in [0.15, 0.2) is 0 Å². The summed E-state index contributed by atoms with van der Waals surface area (Å²) in [4.78, 5) is 9.43. The van der Waals surface area contributed by atoms with Crippen LogP contribution in [0.5, 0.6) is 0 Å². The van der Waals surface area contributed by atoms with E-state index in [1.165, 1.54) is 0 Å². The second-order valence-corrected chi connectivity index (χ2v) is 8.11. The van der Waals surface area contributed by atoms with Crippen molar-refractivity contribution in [3.8, 4) is 0 Å². The third kappa shape index (κ3) is 5.87. The molecule has 130 valence electrons. The molecule has 1 aliphatic heterocycles. The van der Waals surface area contributed by atoms with Crippen molar-refractivity contribution in [3.63, 3.8) is 0 Å². The molecular weight excluding hydrogens is 328 g/mol. The van der Waals surface area contributed by atoms with Crippen LogP contribution in [0, 0.1) is 11.7 Å². The number of sulfone groups is 1. The summed E-state index contributed by atoms with van der Waals surface area (Å²) >= 11 is 0. The Morgan fingerprint density at radius 2 is 1.78 bits per heavy atom. The van der Waals surface area contributed by atoms with E-state index in [-0.39, 0.29) is 10.5 Å². The van der Waals surface area contributed by atoms with E-state index < -0.39 is 27.1 Å². The monoisotopic (exact) mass is 349 g/mol. The SMILES string of the molecule is CC(C)(C)OC=O.O=S(=O)(c1ccc(F)cc1)C(F)C1CNC1. The molecule has 1 N–H and O–H groups in total. The smallest absolute Gasteiger partial charge is 0.293 e. The van der Waals surface area contributed by atoms with Crippen molar-refractivity contribution in [2.24, 2.45) is 5.92 Å².